The molecule has 48 heavy (non-hydrogen) atoms. The van der Waals surface area contributed by atoms with Crippen molar-refractivity contribution in [3.8, 4) is 21.4 Å². The summed E-state index contributed by atoms with van der Waals surface area (Å²) < 4.78 is 10.9. The number of thiophene rings is 2. The number of carbonyl (C=O) groups excluding carboxylic acids is 2. The quantitative estimate of drug-likeness (QED) is 0.185. The predicted molar refractivity (Wildman–Crippen MR) is 183 cm³/mol. The van der Waals surface area contributed by atoms with Crippen LogP contribution in [0.3, 0.4) is 0 Å². The summed E-state index contributed by atoms with van der Waals surface area (Å²) in [5, 5.41) is 12.2. The van der Waals surface area contributed by atoms with E-state index in [1.807, 2.05) is 39.9 Å². The number of hydrogen-bond donors (Lipinski definition) is 0. The minimum absolute atomic E-state index is 0.280. The molecule has 10 nitrogen and oxygen atoms in total. The van der Waals surface area contributed by atoms with Crippen molar-refractivity contribution in [2.75, 3.05) is 26.2 Å². The van der Waals surface area contributed by atoms with E-state index < -0.39 is 0 Å². The van der Waals surface area contributed by atoms with Crippen molar-refractivity contribution in [1.29, 1.82) is 0 Å². The van der Waals surface area contributed by atoms with Crippen LogP contribution in [0.2, 0.25) is 0 Å². The molecule has 0 aromatic carbocycles. The molecule has 0 N–H and O–H groups in total. The first kappa shape index (κ1) is 31.9. The van der Waals surface area contributed by atoms with Crippen LogP contribution in [0.25, 0.3) is 21.4 Å². The van der Waals surface area contributed by atoms with Gasteiger partial charge in [-0.05, 0) is 104 Å². The van der Waals surface area contributed by atoms with E-state index in [0.29, 0.717) is 35.3 Å². The lowest BCUT2D eigenvalue weighted by Crippen LogP contribution is -2.39. The van der Waals surface area contributed by atoms with Crippen molar-refractivity contribution >= 4 is 34.5 Å². The number of piperidine rings is 2. The van der Waals surface area contributed by atoms with Gasteiger partial charge in [-0.1, -0.05) is 28.9 Å². The van der Waals surface area contributed by atoms with E-state index in [-0.39, 0.29) is 11.8 Å². The fraction of sp³-hybridized carbons (Fsp3) is 0.611. The molecule has 3 unspecified atom stereocenters. The molecule has 6 heterocycles. The topological polar surface area (TPSA) is 118 Å². The third-order valence-corrected chi connectivity index (χ3v) is 13.0. The standard InChI is InChI=1S/C20H25N3O2S.C16H19N3O2S/c24-18(12-16-11-13-3-4-15(16)10-13)23-7-5-14(6-8-23)20-21-19(22-25-20)17-2-1-9-26-17;20-14(10-11-3-4-11)19-7-5-12(6-8-19)16-17-15(18-21-16)13-2-1-9-22-13/h1-2,9,13-16H,3-8,10-12H2;1-2,9,11-12H,3-8,10H2. The summed E-state index contributed by atoms with van der Waals surface area (Å²) in [6.45, 7) is 3.27. The summed E-state index contributed by atoms with van der Waals surface area (Å²) in [5.74, 6) is 7.13. The molecule has 5 aliphatic rings. The van der Waals surface area contributed by atoms with E-state index >= 15 is 0 Å². The van der Waals surface area contributed by atoms with Gasteiger partial charge in [0.05, 0.1) is 9.75 Å². The van der Waals surface area contributed by atoms with E-state index in [1.165, 1.54) is 38.5 Å². The molecule has 2 bridgehead atoms. The van der Waals surface area contributed by atoms with Crippen LogP contribution in [-0.4, -0.2) is 68.1 Å². The maximum absolute atomic E-state index is 12.7. The maximum atomic E-state index is 12.7. The van der Waals surface area contributed by atoms with Crippen LogP contribution >= 0.6 is 22.7 Å². The zero-order valence-corrected chi connectivity index (χ0v) is 29.0. The van der Waals surface area contributed by atoms with Crippen LogP contribution in [-0.2, 0) is 9.59 Å². The van der Waals surface area contributed by atoms with Gasteiger partial charge in [-0.2, -0.15) is 9.97 Å². The second kappa shape index (κ2) is 14.2. The minimum atomic E-state index is 0.280. The first-order valence-corrected chi connectivity index (χ1v) is 19.6. The van der Waals surface area contributed by atoms with Crippen LogP contribution in [0.5, 0.6) is 0 Å². The van der Waals surface area contributed by atoms with Gasteiger partial charge in [-0.15, -0.1) is 22.7 Å². The Morgan fingerprint density at radius 2 is 1.23 bits per heavy atom. The Labute approximate surface area is 289 Å². The number of carbonyl (C=O) groups is 2. The first-order chi connectivity index (χ1) is 23.6. The van der Waals surface area contributed by atoms with Gasteiger partial charge in [-0.3, -0.25) is 9.59 Å². The highest BCUT2D eigenvalue weighted by Crippen LogP contribution is 2.49. The average molecular weight is 689 g/mol. The predicted octanol–water partition coefficient (Wildman–Crippen LogP) is 7.63. The number of hydrogen-bond acceptors (Lipinski definition) is 10. The molecular formula is C36H44N6O4S2. The monoisotopic (exact) mass is 688 g/mol. The van der Waals surface area contributed by atoms with E-state index in [4.69, 9.17) is 9.05 Å². The molecule has 3 atom stereocenters. The summed E-state index contributed by atoms with van der Waals surface area (Å²) >= 11 is 3.24. The second-order valence-corrected chi connectivity index (χ2v) is 16.4. The Morgan fingerprint density at radius 3 is 1.67 bits per heavy atom. The van der Waals surface area contributed by atoms with E-state index in [2.05, 4.69) is 25.2 Å². The van der Waals surface area contributed by atoms with Crippen molar-refractivity contribution < 1.29 is 18.6 Å². The minimum Gasteiger partial charge on any atom is -0.343 e. The van der Waals surface area contributed by atoms with Gasteiger partial charge in [0, 0.05) is 50.9 Å². The van der Waals surface area contributed by atoms with Crippen molar-refractivity contribution in [1.82, 2.24) is 30.1 Å². The van der Waals surface area contributed by atoms with Gasteiger partial charge >= 0.3 is 0 Å². The SMILES string of the molecule is O=C(CC1CC1)N1CCC(c2nc(-c3cccs3)no2)CC1.O=C(CC1CC2CCC1C2)N1CCC(c2nc(-c3cccs3)no2)CC1. The molecule has 9 rings (SSSR count). The summed E-state index contributed by atoms with van der Waals surface area (Å²) in [6, 6.07) is 7.99. The van der Waals surface area contributed by atoms with Gasteiger partial charge in [0.15, 0.2) is 0 Å². The van der Waals surface area contributed by atoms with E-state index in [9.17, 15) is 9.59 Å². The normalized spacial score (nSPS) is 24.5. The van der Waals surface area contributed by atoms with Crippen molar-refractivity contribution in [3.63, 3.8) is 0 Å². The largest absolute Gasteiger partial charge is 0.343 e. The van der Waals surface area contributed by atoms with E-state index in [0.717, 1.165) is 98.1 Å². The third-order valence-electron chi connectivity index (χ3n) is 11.2. The van der Waals surface area contributed by atoms with Crippen molar-refractivity contribution in [2.24, 2.45) is 23.7 Å². The molecule has 5 fully saturated rings. The highest BCUT2D eigenvalue weighted by molar-refractivity contribution is 7.13. The molecule has 0 spiro atoms. The van der Waals surface area contributed by atoms with Gasteiger partial charge < -0.3 is 18.8 Å². The lowest BCUT2D eigenvalue weighted by Gasteiger charge is -2.32. The molecule has 2 aliphatic heterocycles. The van der Waals surface area contributed by atoms with Crippen LogP contribution in [0.4, 0.5) is 0 Å². The molecule has 4 aromatic heterocycles. The fourth-order valence-corrected chi connectivity index (χ4v) is 9.54. The highest BCUT2D eigenvalue weighted by Gasteiger charge is 2.41. The summed E-state index contributed by atoms with van der Waals surface area (Å²) in [7, 11) is 0. The van der Waals surface area contributed by atoms with Crippen LogP contribution in [0.15, 0.2) is 44.1 Å². The lowest BCUT2D eigenvalue weighted by molar-refractivity contribution is -0.134. The van der Waals surface area contributed by atoms with E-state index in [1.54, 1.807) is 22.7 Å². The lowest BCUT2D eigenvalue weighted by atomic mass is 9.86. The van der Waals surface area contributed by atoms with Crippen LogP contribution < -0.4 is 0 Å². The number of likely N-dealkylation sites (tertiary alicyclic amines) is 2. The van der Waals surface area contributed by atoms with Gasteiger partial charge in [-0.25, -0.2) is 0 Å². The van der Waals surface area contributed by atoms with Crippen LogP contribution in [0.1, 0.15) is 101 Å². The van der Waals surface area contributed by atoms with Crippen LogP contribution in [0, 0.1) is 23.7 Å². The maximum Gasteiger partial charge on any atom is 0.230 e. The molecule has 12 heteroatoms. The summed E-state index contributed by atoms with van der Waals surface area (Å²) in [4.78, 5) is 40.1. The Hall–Kier alpha value is -3.38. The smallest absolute Gasteiger partial charge is 0.230 e. The molecule has 254 valence electrons. The molecule has 3 saturated carbocycles. The Balaban J connectivity index is 0.000000142. The molecule has 2 amide bonds. The molecular weight excluding hydrogens is 645 g/mol. The van der Waals surface area contributed by atoms with Gasteiger partial charge in [0.2, 0.25) is 35.2 Å². The zero-order chi connectivity index (χ0) is 32.5. The molecule has 0 radical (unpaired) electrons. The first-order valence-electron chi connectivity index (χ1n) is 17.9. The molecule has 3 aliphatic carbocycles. The van der Waals surface area contributed by atoms with Gasteiger partial charge in [0.1, 0.15) is 0 Å². The number of nitrogens with zero attached hydrogens (tertiary/aromatic N) is 6. The number of rotatable bonds is 8. The highest BCUT2D eigenvalue weighted by atomic mass is 32.1. The molecule has 2 saturated heterocycles. The third kappa shape index (κ3) is 7.29. The zero-order valence-electron chi connectivity index (χ0n) is 27.4. The van der Waals surface area contributed by atoms with Crippen molar-refractivity contribution in [3.05, 3.63) is 46.8 Å². The molecule has 4 aromatic rings. The Morgan fingerprint density at radius 1 is 0.688 bits per heavy atom. The number of aromatic nitrogens is 4. The van der Waals surface area contributed by atoms with Gasteiger partial charge in [0.25, 0.3) is 0 Å². The summed E-state index contributed by atoms with van der Waals surface area (Å²) in [6.07, 6.45) is 13.1. The number of amides is 2. The number of fused-ring (bicyclic) bond motifs is 2. The summed E-state index contributed by atoms with van der Waals surface area (Å²) in [5.41, 5.74) is 0. The van der Waals surface area contributed by atoms with Crippen molar-refractivity contribution in [2.45, 2.75) is 88.9 Å². The Bertz CT molecular complexity index is 1650. The second-order valence-electron chi connectivity index (χ2n) is 14.5. The average Bonchev–Trinajstić information content (AvgIpc) is 3.86. The Kier molecular flexibility index (Phi) is 9.45. The fourth-order valence-electron chi connectivity index (χ4n) is 8.24.